The van der Waals surface area contributed by atoms with Gasteiger partial charge in [-0.15, -0.1) is 0 Å². The Bertz CT molecular complexity index is 1490. The molecule has 1 N–H and O–H groups in total. The maximum Gasteiger partial charge on any atom is 0.264 e. The second-order valence-electron chi connectivity index (χ2n) is 7.92. The van der Waals surface area contributed by atoms with Crippen LogP contribution in [0.2, 0.25) is 10.0 Å². The van der Waals surface area contributed by atoms with Crippen LogP contribution in [0, 0.1) is 0 Å². The van der Waals surface area contributed by atoms with E-state index in [4.69, 9.17) is 32.7 Å². The van der Waals surface area contributed by atoms with Gasteiger partial charge >= 0.3 is 0 Å². The predicted octanol–water partition coefficient (Wildman–Crippen LogP) is 7.63. The van der Waals surface area contributed by atoms with Crippen molar-refractivity contribution in [2.24, 2.45) is 4.99 Å². The fraction of sp³-hybridized carbons (Fsp3) is 0.0714. The van der Waals surface area contributed by atoms with Gasteiger partial charge in [0.1, 0.15) is 12.4 Å². The number of fused-ring (bicyclic) bond motifs is 1. The zero-order chi connectivity index (χ0) is 25.1. The number of ether oxygens (including phenoxy) is 2. The third kappa shape index (κ3) is 5.36. The number of halogens is 2. The summed E-state index contributed by atoms with van der Waals surface area (Å²) in [4.78, 5) is 17.5. The smallest absolute Gasteiger partial charge is 0.264 e. The molecule has 5 nitrogen and oxygen atoms in total. The summed E-state index contributed by atoms with van der Waals surface area (Å²) in [6.45, 7) is 0.324. The number of carbonyl (C=O) groups excluding carboxylic acids is 1. The lowest BCUT2D eigenvalue weighted by molar-refractivity contribution is -0.115. The molecule has 0 atom stereocenters. The molecule has 0 bridgehead atoms. The number of nitrogens with one attached hydrogen (secondary N) is 1. The quantitative estimate of drug-likeness (QED) is 0.258. The van der Waals surface area contributed by atoms with Crippen LogP contribution >= 0.6 is 35.0 Å². The van der Waals surface area contributed by atoms with Crippen molar-refractivity contribution < 1.29 is 14.3 Å². The zero-order valence-corrected chi connectivity index (χ0v) is 21.5. The molecule has 1 aliphatic heterocycles. The number of hydrogen-bond donors (Lipinski definition) is 1. The first-order valence-electron chi connectivity index (χ1n) is 11.0. The average molecular weight is 535 g/mol. The summed E-state index contributed by atoms with van der Waals surface area (Å²) in [5, 5.41) is 6.25. The van der Waals surface area contributed by atoms with E-state index in [0.29, 0.717) is 43.7 Å². The summed E-state index contributed by atoms with van der Waals surface area (Å²) in [6, 6.07) is 24.9. The van der Waals surface area contributed by atoms with E-state index >= 15 is 0 Å². The van der Waals surface area contributed by atoms with Crippen molar-refractivity contribution in [3.8, 4) is 11.5 Å². The van der Waals surface area contributed by atoms with Gasteiger partial charge in [-0.3, -0.25) is 4.79 Å². The molecule has 0 radical (unpaired) electrons. The number of thioether (sulfide) groups is 1. The van der Waals surface area contributed by atoms with Gasteiger partial charge in [0.05, 0.1) is 27.7 Å². The van der Waals surface area contributed by atoms with Crippen molar-refractivity contribution in [3.63, 3.8) is 0 Å². The van der Waals surface area contributed by atoms with Crippen molar-refractivity contribution in [2.75, 3.05) is 7.11 Å². The molecule has 1 heterocycles. The Kier molecular flexibility index (Phi) is 7.18. The lowest BCUT2D eigenvalue weighted by atomic mass is 10.1. The molecule has 36 heavy (non-hydrogen) atoms. The molecule has 0 unspecified atom stereocenters. The van der Waals surface area contributed by atoms with Crippen LogP contribution in [0.15, 0.2) is 88.8 Å². The molecule has 180 valence electrons. The van der Waals surface area contributed by atoms with E-state index in [1.165, 1.54) is 11.8 Å². The second kappa shape index (κ2) is 10.7. The van der Waals surface area contributed by atoms with Gasteiger partial charge in [-0.25, -0.2) is 4.99 Å². The van der Waals surface area contributed by atoms with Crippen LogP contribution in [0.5, 0.6) is 11.5 Å². The van der Waals surface area contributed by atoms with Crippen LogP contribution in [-0.4, -0.2) is 18.2 Å². The van der Waals surface area contributed by atoms with Gasteiger partial charge in [-0.05, 0) is 76.1 Å². The van der Waals surface area contributed by atoms with Crippen molar-refractivity contribution in [2.45, 2.75) is 6.61 Å². The van der Waals surface area contributed by atoms with E-state index in [-0.39, 0.29) is 5.91 Å². The Morgan fingerprint density at radius 2 is 1.69 bits per heavy atom. The number of rotatable bonds is 6. The lowest BCUT2D eigenvalue weighted by Gasteiger charge is -2.12. The fourth-order valence-corrected chi connectivity index (χ4v) is 5.23. The normalized spacial score (nSPS) is 15.5. The molecule has 1 aliphatic rings. The van der Waals surface area contributed by atoms with Gasteiger partial charge in [-0.2, -0.15) is 0 Å². The van der Waals surface area contributed by atoms with Crippen LogP contribution in [0.4, 0.5) is 5.69 Å². The van der Waals surface area contributed by atoms with E-state index < -0.39 is 0 Å². The Morgan fingerprint density at radius 1 is 0.972 bits per heavy atom. The third-order valence-corrected chi connectivity index (χ3v) is 7.00. The van der Waals surface area contributed by atoms with Crippen LogP contribution in [0.3, 0.4) is 0 Å². The maximum absolute atomic E-state index is 12.5. The van der Waals surface area contributed by atoms with Crippen molar-refractivity contribution in [1.82, 2.24) is 5.32 Å². The SMILES string of the molecule is COc1ccc(N=C2NC(=O)/C(=C\c3cc(Cl)c(OCc4cccc5ccccc45)c(Cl)c3)S2)cc1. The molecule has 8 heteroatoms. The van der Waals surface area contributed by atoms with E-state index in [1.807, 2.05) is 48.5 Å². The fourth-order valence-electron chi connectivity index (χ4n) is 3.77. The highest BCUT2D eigenvalue weighted by Gasteiger charge is 2.24. The van der Waals surface area contributed by atoms with Crippen LogP contribution in [0.25, 0.3) is 16.8 Å². The number of methoxy groups -OCH3 is 1. The highest BCUT2D eigenvalue weighted by Crippen LogP contribution is 2.37. The first kappa shape index (κ1) is 24.3. The topological polar surface area (TPSA) is 59.9 Å². The van der Waals surface area contributed by atoms with Crippen LogP contribution in [0.1, 0.15) is 11.1 Å². The molecule has 1 saturated heterocycles. The molecular formula is C28H20Cl2N2O3S. The Labute approximate surface area is 222 Å². The number of amides is 1. The van der Waals surface area contributed by atoms with E-state index in [0.717, 1.165) is 22.1 Å². The average Bonchev–Trinajstić information content (AvgIpc) is 3.22. The van der Waals surface area contributed by atoms with Gasteiger partial charge in [0.15, 0.2) is 10.9 Å². The minimum atomic E-state index is -0.240. The standard InChI is InChI=1S/C28H20Cl2N2O3S/c1-34-21-11-9-20(10-12-21)31-28-32-27(33)25(36-28)15-17-13-23(29)26(24(30)14-17)35-16-19-7-4-6-18-5-2-3-8-22(18)19/h2-15H,16H2,1H3,(H,31,32,33)/b25-15+. The van der Waals surface area contributed by atoms with Crippen molar-refractivity contribution in [1.29, 1.82) is 0 Å². The second-order valence-corrected chi connectivity index (χ2v) is 9.77. The highest BCUT2D eigenvalue weighted by molar-refractivity contribution is 8.18. The lowest BCUT2D eigenvalue weighted by Crippen LogP contribution is -2.19. The molecular weight excluding hydrogens is 515 g/mol. The van der Waals surface area contributed by atoms with Gasteiger partial charge in [-0.1, -0.05) is 65.7 Å². The summed E-state index contributed by atoms with van der Waals surface area (Å²) in [5.74, 6) is 0.899. The maximum atomic E-state index is 12.5. The van der Waals surface area contributed by atoms with Gasteiger partial charge < -0.3 is 14.8 Å². The number of hydrogen-bond acceptors (Lipinski definition) is 5. The van der Waals surface area contributed by atoms with Gasteiger partial charge in [0.2, 0.25) is 0 Å². The first-order chi connectivity index (χ1) is 17.5. The summed E-state index contributed by atoms with van der Waals surface area (Å²) in [5.41, 5.74) is 2.43. The Hall–Kier alpha value is -3.45. The molecule has 0 spiro atoms. The van der Waals surface area contributed by atoms with Crippen molar-refractivity contribution in [3.05, 3.63) is 105 Å². The van der Waals surface area contributed by atoms with E-state index in [1.54, 1.807) is 25.3 Å². The van der Waals surface area contributed by atoms with Gasteiger partial charge in [0, 0.05) is 0 Å². The minimum Gasteiger partial charge on any atom is -0.497 e. The molecule has 0 aliphatic carbocycles. The number of benzene rings is 4. The molecule has 4 aromatic rings. The number of aliphatic imine (C=N–C) groups is 1. The summed E-state index contributed by atoms with van der Waals surface area (Å²) >= 11 is 14.3. The minimum absolute atomic E-state index is 0.240. The Morgan fingerprint density at radius 3 is 2.44 bits per heavy atom. The predicted molar refractivity (Wildman–Crippen MR) is 149 cm³/mol. The van der Waals surface area contributed by atoms with E-state index in [9.17, 15) is 4.79 Å². The summed E-state index contributed by atoms with van der Waals surface area (Å²) in [6.07, 6.45) is 1.72. The van der Waals surface area contributed by atoms with E-state index in [2.05, 4.69) is 28.5 Å². The zero-order valence-electron chi connectivity index (χ0n) is 19.1. The summed E-state index contributed by atoms with van der Waals surface area (Å²) < 4.78 is 11.2. The third-order valence-electron chi connectivity index (χ3n) is 5.52. The molecule has 0 saturated carbocycles. The molecule has 5 rings (SSSR count). The van der Waals surface area contributed by atoms with Crippen molar-refractivity contribution >= 4 is 68.6 Å². The Balaban J connectivity index is 1.32. The molecule has 1 amide bonds. The molecule has 4 aromatic carbocycles. The first-order valence-corrected chi connectivity index (χ1v) is 12.6. The number of nitrogens with zero attached hydrogens (tertiary/aromatic N) is 1. The highest BCUT2D eigenvalue weighted by atomic mass is 35.5. The number of carbonyl (C=O) groups is 1. The largest absolute Gasteiger partial charge is 0.497 e. The summed E-state index contributed by atoms with van der Waals surface area (Å²) in [7, 11) is 1.60. The number of amidine groups is 1. The van der Waals surface area contributed by atoms with Crippen LogP contribution < -0.4 is 14.8 Å². The monoisotopic (exact) mass is 534 g/mol. The van der Waals surface area contributed by atoms with Crippen LogP contribution in [-0.2, 0) is 11.4 Å². The van der Waals surface area contributed by atoms with Gasteiger partial charge in [0.25, 0.3) is 5.91 Å². The molecule has 1 fully saturated rings. The molecule has 0 aromatic heterocycles.